The summed E-state index contributed by atoms with van der Waals surface area (Å²) in [6.45, 7) is -0.683. The molecule has 0 unspecified atom stereocenters. The molecule has 0 spiro atoms. The molecule has 1 aromatic carbocycles. The number of carboxylic acids is 1. The van der Waals surface area contributed by atoms with Crippen LogP contribution in [0.1, 0.15) is 5.56 Å². The van der Waals surface area contributed by atoms with Gasteiger partial charge in [-0.15, -0.1) is 0 Å². The number of amides is 1. The molecule has 1 aromatic rings. The van der Waals surface area contributed by atoms with Crippen LogP contribution in [0.4, 0.5) is 0 Å². The van der Waals surface area contributed by atoms with Gasteiger partial charge in [-0.25, -0.2) is 8.42 Å². The first-order chi connectivity index (χ1) is 9.20. The van der Waals surface area contributed by atoms with E-state index in [0.29, 0.717) is 5.56 Å². The number of sulfonamides is 1. The highest BCUT2D eigenvalue weighted by molar-refractivity contribution is 9.10. The largest absolute Gasteiger partial charge is 0.480 e. The average Bonchev–Trinajstić information content (AvgIpc) is 2.29. The smallest absolute Gasteiger partial charge is 0.320 e. The second-order valence-electron chi connectivity index (χ2n) is 4.01. The van der Waals surface area contributed by atoms with Gasteiger partial charge < -0.3 is 10.8 Å². The molecule has 0 heterocycles. The Morgan fingerprint density at radius 2 is 1.80 bits per heavy atom. The highest BCUT2D eigenvalue weighted by Crippen LogP contribution is 2.14. The molecule has 0 aliphatic rings. The topological polar surface area (TPSA) is 118 Å². The number of benzene rings is 1. The fraction of sp³-hybridized carbons (Fsp3) is 0.273. The minimum absolute atomic E-state index is 0.119. The molecule has 1 rings (SSSR count). The van der Waals surface area contributed by atoms with E-state index in [0.717, 1.165) is 8.78 Å². The zero-order valence-corrected chi connectivity index (χ0v) is 12.7. The Kier molecular flexibility index (Phi) is 5.66. The highest BCUT2D eigenvalue weighted by atomic mass is 79.9. The lowest BCUT2D eigenvalue weighted by atomic mass is 10.2. The first kappa shape index (κ1) is 16.6. The monoisotopic (exact) mass is 364 g/mol. The normalized spacial score (nSPS) is 11.5. The van der Waals surface area contributed by atoms with Crippen LogP contribution in [-0.2, 0) is 26.2 Å². The van der Waals surface area contributed by atoms with Crippen LogP contribution in [-0.4, -0.2) is 42.0 Å². The average molecular weight is 365 g/mol. The molecule has 1 amide bonds. The predicted octanol–water partition coefficient (Wildman–Crippen LogP) is 0.151. The fourth-order valence-electron chi connectivity index (χ4n) is 1.47. The number of rotatable bonds is 7. The van der Waals surface area contributed by atoms with Gasteiger partial charge in [0, 0.05) is 11.0 Å². The van der Waals surface area contributed by atoms with Gasteiger partial charge in [0.05, 0.1) is 6.54 Å². The first-order valence-corrected chi connectivity index (χ1v) is 7.83. The maximum Gasteiger partial charge on any atom is 0.320 e. The van der Waals surface area contributed by atoms with E-state index in [9.17, 15) is 18.0 Å². The molecule has 0 aliphatic heterocycles. The number of carboxylic acid groups (broad SMARTS) is 1. The molecule has 9 heteroatoms. The molecule has 0 bridgehead atoms. The molecule has 20 heavy (non-hydrogen) atoms. The third-order valence-corrected chi connectivity index (χ3v) is 4.49. The summed E-state index contributed by atoms with van der Waals surface area (Å²) in [7, 11) is -4.10. The molecule has 0 aromatic heterocycles. The molecule has 0 aliphatic carbocycles. The van der Waals surface area contributed by atoms with Gasteiger partial charge in [0.15, 0.2) is 5.75 Å². The summed E-state index contributed by atoms with van der Waals surface area (Å²) in [6, 6.07) is 6.74. The zero-order chi connectivity index (χ0) is 15.3. The first-order valence-electron chi connectivity index (χ1n) is 5.43. The third-order valence-electron chi connectivity index (χ3n) is 2.30. The minimum Gasteiger partial charge on any atom is -0.480 e. The second kappa shape index (κ2) is 6.82. The Balaban J connectivity index is 2.97. The Hall–Kier alpha value is -1.45. The van der Waals surface area contributed by atoms with E-state index in [1.807, 2.05) is 0 Å². The van der Waals surface area contributed by atoms with E-state index in [1.165, 1.54) is 0 Å². The standard InChI is InChI=1S/C11H13BrN2O5S/c12-9-3-1-8(2-4-9)5-14(6-10(13)15)20(18,19)7-11(16)17/h1-4H,5-7H2,(H2,13,15)(H,16,17). The van der Waals surface area contributed by atoms with E-state index >= 15 is 0 Å². The van der Waals surface area contributed by atoms with Gasteiger partial charge in [-0.2, -0.15) is 4.31 Å². The van der Waals surface area contributed by atoms with Crippen LogP contribution in [0, 0.1) is 0 Å². The molecular formula is C11H13BrN2O5S. The van der Waals surface area contributed by atoms with E-state index in [-0.39, 0.29) is 6.54 Å². The van der Waals surface area contributed by atoms with E-state index in [4.69, 9.17) is 10.8 Å². The summed E-state index contributed by atoms with van der Waals surface area (Å²) in [6.07, 6.45) is 0. The number of nitrogens with two attached hydrogens (primary N) is 1. The number of carbonyl (C=O) groups is 2. The van der Waals surface area contributed by atoms with Crippen LogP contribution in [0.3, 0.4) is 0 Å². The van der Waals surface area contributed by atoms with Crippen molar-refractivity contribution < 1.29 is 23.1 Å². The summed E-state index contributed by atoms with van der Waals surface area (Å²) in [5, 5.41) is 8.61. The SMILES string of the molecule is NC(=O)CN(Cc1ccc(Br)cc1)S(=O)(=O)CC(=O)O. The van der Waals surface area contributed by atoms with Crippen LogP contribution in [0.2, 0.25) is 0 Å². The van der Waals surface area contributed by atoms with Gasteiger partial charge in [-0.05, 0) is 17.7 Å². The number of hydrogen-bond acceptors (Lipinski definition) is 4. The van der Waals surface area contributed by atoms with Gasteiger partial charge in [-0.3, -0.25) is 9.59 Å². The fourth-order valence-corrected chi connectivity index (χ4v) is 2.90. The summed E-state index contributed by atoms with van der Waals surface area (Å²) < 4.78 is 25.3. The van der Waals surface area contributed by atoms with Crippen molar-refractivity contribution >= 4 is 37.8 Å². The van der Waals surface area contributed by atoms with E-state index < -0.39 is 34.2 Å². The number of nitrogens with zero attached hydrogens (tertiary/aromatic N) is 1. The molecular weight excluding hydrogens is 352 g/mol. The van der Waals surface area contributed by atoms with E-state index in [2.05, 4.69) is 15.9 Å². The van der Waals surface area contributed by atoms with Crippen molar-refractivity contribution in [2.24, 2.45) is 5.73 Å². The lowest BCUT2D eigenvalue weighted by molar-refractivity contribution is -0.134. The predicted molar refractivity (Wildman–Crippen MR) is 75.2 cm³/mol. The lowest BCUT2D eigenvalue weighted by Gasteiger charge is -2.19. The molecule has 3 N–H and O–H groups in total. The van der Waals surface area contributed by atoms with Gasteiger partial charge in [0.25, 0.3) is 0 Å². The van der Waals surface area contributed by atoms with Gasteiger partial charge in [0.2, 0.25) is 15.9 Å². The van der Waals surface area contributed by atoms with Crippen molar-refractivity contribution in [3.8, 4) is 0 Å². The van der Waals surface area contributed by atoms with Crippen molar-refractivity contribution in [2.45, 2.75) is 6.54 Å². The number of carbonyl (C=O) groups excluding carboxylic acids is 1. The molecule has 7 nitrogen and oxygen atoms in total. The van der Waals surface area contributed by atoms with Crippen LogP contribution >= 0.6 is 15.9 Å². The third kappa shape index (κ3) is 5.27. The number of primary amides is 1. The van der Waals surface area contributed by atoms with Crippen molar-refractivity contribution in [3.63, 3.8) is 0 Å². The van der Waals surface area contributed by atoms with Gasteiger partial charge >= 0.3 is 5.97 Å². The summed E-state index contributed by atoms with van der Waals surface area (Å²) in [5.41, 5.74) is 5.61. The maximum absolute atomic E-state index is 11.9. The van der Waals surface area contributed by atoms with Crippen LogP contribution in [0.5, 0.6) is 0 Å². The van der Waals surface area contributed by atoms with E-state index in [1.54, 1.807) is 24.3 Å². The molecule has 0 saturated heterocycles. The van der Waals surface area contributed by atoms with Crippen LogP contribution in [0.25, 0.3) is 0 Å². The highest BCUT2D eigenvalue weighted by Gasteiger charge is 2.26. The van der Waals surface area contributed by atoms with Crippen molar-refractivity contribution in [1.29, 1.82) is 0 Å². The van der Waals surface area contributed by atoms with Crippen molar-refractivity contribution in [3.05, 3.63) is 34.3 Å². The van der Waals surface area contributed by atoms with Gasteiger partial charge in [-0.1, -0.05) is 28.1 Å². The molecule has 0 saturated carbocycles. The quantitative estimate of drug-likeness (QED) is 0.713. The Morgan fingerprint density at radius 1 is 1.25 bits per heavy atom. The maximum atomic E-state index is 11.9. The number of halogens is 1. The molecule has 0 fully saturated rings. The molecule has 0 radical (unpaired) electrons. The summed E-state index contributed by atoms with van der Waals surface area (Å²) >= 11 is 3.24. The second-order valence-corrected chi connectivity index (χ2v) is 6.90. The summed E-state index contributed by atoms with van der Waals surface area (Å²) in [5.74, 6) is -3.43. The van der Waals surface area contributed by atoms with Gasteiger partial charge in [0.1, 0.15) is 0 Å². The minimum atomic E-state index is -4.10. The Morgan fingerprint density at radius 3 is 2.25 bits per heavy atom. The lowest BCUT2D eigenvalue weighted by Crippen LogP contribution is -2.40. The number of aliphatic carboxylic acids is 1. The van der Waals surface area contributed by atoms with Crippen molar-refractivity contribution in [1.82, 2.24) is 4.31 Å². The number of hydrogen-bond donors (Lipinski definition) is 2. The Bertz CT molecular complexity index is 600. The van der Waals surface area contributed by atoms with Crippen molar-refractivity contribution in [2.75, 3.05) is 12.3 Å². The summed E-state index contributed by atoms with van der Waals surface area (Å²) in [4.78, 5) is 21.5. The van der Waals surface area contributed by atoms with Crippen LogP contribution < -0.4 is 5.73 Å². The molecule has 0 atom stereocenters. The Labute approximate surface area is 124 Å². The van der Waals surface area contributed by atoms with Crippen LogP contribution in [0.15, 0.2) is 28.7 Å². The molecule has 110 valence electrons. The zero-order valence-electron chi connectivity index (χ0n) is 10.3.